The molecule has 1 aromatic heterocycles. The lowest BCUT2D eigenvalue weighted by Crippen LogP contribution is -1.97. The van der Waals surface area contributed by atoms with Crippen molar-refractivity contribution >= 4 is 23.2 Å². The predicted molar refractivity (Wildman–Crippen MR) is 91.4 cm³/mol. The molecular weight excluding hydrogens is 335 g/mol. The summed E-state index contributed by atoms with van der Waals surface area (Å²) in [4.78, 5) is 4.34. The van der Waals surface area contributed by atoms with Crippen LogP contribution in [0.5, 0.6) is 11.5 Å². The summed E-state index contributed by atoms with van der Waals surface area (Å²) < 4.78 is 6.98. The lowest BCUT2D eigenvalue weighted by Gasteiger charge is -2.06. The molecule has 4 nitrogen and oxygen atoms in total. The van der Waals surface area contributed by atoms with Gasteiger partial charge in [-0.15, -0.1) is 0 Å². The fourth-order valence-corrected chi connectivity index (χ4v) is 2.76. The van der Waals surface area contributed by atoms with Gasteiger partial charge in [0.25, 0.3) is 0 Å². The van der Waals surface area contributed by atoms with Crippen molar-refractivity contribution in [2.24, 2.45) is 0 Å². The van der Waals surface area contributed by atoms with Gasteiger partial charge in [0.05, 0.1) is 19.1 Å². The molecule has 0 aliphatic heterocycles. The fraction of sp³-hybridized carbons (Fsp3) is 0.118. The van der Waals surface area contributed by atoms with Gasteiger partial charge in [0.1, 0.15) is 11.5 Å². The Morgan fingerprint density at radius 1 is 1.17 bits per heavy atom. The number of aromatic hydroxyl groups is 1. The van der Waals surface area contributed by atoms with Crippen molar-refractivity contribution in [2.45, 2.75) is 6.54 Å². The van der Waals surface area contributed by atoms with Gasteiger partial charge in [-0.3, -0.25) is 0 Å². The molecular formula is C17H14Cl2N2O2. The van der Waals surface area contributed by atoms with Gasteiger partial charge in [0, 0.05) is 34.4 Å². The number of ether oxygens (including phenoxy) is 1. The molecule has 3 rings (SSSR count). The van der Waals surface area contributed by atoms with Gasteiger partial charge >= 0.3 is 0 Å². The maximum atomic E-state index is 10.1. The summed E-state index contributed by atoms with van der Waals surface area (Å²) >= 11 is 12.1. The van der Waals surface area contributed by atoms with Gasteiger partial charge in [-0.05, 0) is 29.8 Å². The van der Waals surface area contributed by atoms with E-state index < -0.39 is 0 Å². The zero-order valence-electron chi connectivity index (χ0n) is 12.3. The van der Waals surface area contributed by atoms with Crippen LogP contribution in [0.1, 0.15) is 5.56 Å². The molecule has 0 saturated carbocycles. The monoisotopic (exact) mass is 348 g/mol. The van der Waals surface area contributed by atoms with Crippen LogP contribution in [0.3, 0.4) is 0 Å². The second-order valence-electron chi connectivity index (χ2n) is 5.05. The fourth-order valence-electron chi connectivity index (χ4n) is 2.29. The highest BCUT2D eigenvalue weighted by molar-refractivity contribution is 6.35. The summed E-state index contributed by atoms with van der Waals surface area (Å²) in [6, 6.07) is 10.5. The average Bonchev–Trinajstić information content (AvgIpc) is 2.98. The minimum atomic E-state index is 0.124. The molecule has 6 heteroatoms. The second-order valence-corrected chi connectivity index (χ2v) is 5.89. The zero-order chi connectivity index (χ0) is 16.4. The molecule has 0 fully saturated rings. The summed E-state index contributed by atoms with van der Waals surface area (Å²) in [6.07, 6.45) is 3.55. The lowest BCUT2D eigenvalue weighted by molar-refractivity contribution is 0.408. The van der Waals surface area contributed by atoms with E-state index in [1.807, 2.05) is 16.8 Å². The summed E-state index contributed by atoms with van der Waals surface area (Å²) in [6.45, 7) is 0.569. The average molecular weight is 349 g/mol. The third-order valence-corrected chi connectivity index (χ3v) is 4.07. The Bertz CT molecular complexity index is 846. The highest BCUT2D eigenvalue weighted by Gasteiger charge is 2.10. The van der Waals surface area contributed by atoms with Gasteiger partial charge in [0.15, 0.2) is 0 Å². The van der Waals surface area contributed by atoms with Crippen molar-refractivity contribution < 1.29 is 9.84 Å². The van der Waals surface area contributed by atoms with E-state index in [0.717, 1.165) is 5.56 Å². The molecule has 118 valence electrons. The van der Waals surface area contributed by atoms with E-state index >= 15 is 0 Å². The van der Waals surface area contributed by atoms with Gasteiger partial charge in [-0.1, -0.05) is 29.3 Å². The normalized spacial score (nSPS) is 10.7. The van der Waals surface area contributed by atoms with E-state index in [1.54, 1.807) is 43.8 Å². The minimum Gasteiger partial charge on any atom is -0.507 e. The van der Waals surface area contributed by atoms with Gasteiger partial charge in [0.2, 0.25) is 0 Å². The number of aromatic nitrogens is 2. The van der Waals surface area contributed by atoms with Crippen molar-refractivity contribution in [3.05, 3.63) is 64.5 Å². The highest BCUT2D eigenvalue weighted by Crippen LogP contribution is 2.31. The molecule has 3 aromatic rings. The van der Waals surface area contributed by atoms with Crippen LogP contribution >= 0.6 is 23.2 Å². The topological polar surface area (TPSA) is 47.3 Å². The molecule has 23 heavy (non-hydrogen) atoms. The van der Waals surface area contributed by atoms with Gasteiger partial charge < -0.3 is 14.4 Å². The van der Waals surface area contributed by atoms with E-state index in [4.69, 9.17) is 27.9 Å². The maximum Gasteiger partial charge on any atom is 0.128 e. The molecule has 0 atom stereocenters. The molecule has 2 aromatic carbocycles. The maximum absolute atomic E-state index is 10.1. The number of nitrogens with zero attached hydrogens (tertiary/aromatic N) is 2. The molecule has 1 N–H and O–H groups in total. The number of methoxy groups -OCH3 is 1. The first-order valence-electron chi connectivity index (χ1n) is 6.90. The number of hydrogen-bond acceptors (Lipinski definition) is 3. The summed E-state index contributed by atoms with van der Waals surface area (Å²) in [5.41, 5.74) is 2.26. The molecule has 0 saturated heterocycles. The molecule has 0 aliphatic carbocycles. The Hall–Kier alpha value is -2.17. The van der Waals surface area contributed by atoms with Crippen molar-refractivity contribution in [3.8, 4) is 22.8 Å². The third kappa shape index (κ3) is 3.44. The Labute approximate surface area is 143 Å². The number of phenols is 1. The largest absolute Gasteiger partial charge is 0.507 e. The first kappa shape index (κ1) is 15.7. The van der Waals surface area contributed by atoms with Crippen LogP contribution in [0.4, 0.5) is 0 Å². The Morgan fingerprint density at radius 2 is 2.00 bits per heavy atom. The second kappa shape index (κ2) is 6.52. The van der Waals surface area contributed by atoms with E-state index in [1.165, 1.54) is 0 Å². The Morgan fingerprint density at radius 3 is 2.70 bits per heavy atom. The van der Waals surface area contributed by atoms with E-state index in [2.05, 4.69) is 4.98 Å². The number of rotatable bonds is 4. The lowest BCUT2D eigenvalue weighted by atomic mass is 10.1. The molecule has 0 unspecified atom stereocenters. The molecule has 0 amide bonds. The van der Waals surface area contributed by atoms with Crippen molar-refractivity contribution in [1.29, 1.82) is 0 Å². The van der Waals surface area contributed by atoms with Crippen molar-refractivity contribution in [3.63, 3.8) is 0 Å². The van der Waals surface area contributed by atoms with Crippen molar-refractivity contribution in [1.82, 2.24) is 9.55 Å². The zero-order valence-corrected chi connectivity index (χ0v) is 13.8. The minimum absolute atomic E-state index is 0.124. The van der Waals surface area contributed by atoms with Crippen LogP contribution in [0.2, 0.25) is 10.0 Å². The quantitative estimate of drug-likeness (QED) is 0.748. The van der Waals surface area contributed by atoms with Gasteiger partial charge in [-0.25, -0.2) is 4.98 Å². The number of imidazole rings is 1. The predicted octanol–water partition coefficient (Wildman–Crippen LogP) is 4.62. The summed E-state index contributed by atoms with van der Waals surface area (Å²) in [5.74, 6) is 0.720. The highest BCUT2D eigenvalue weighted by atomic mass is 35.5. The van der Waals surface area contributed by atoms with Gasteiger partial charge in [-0.2, -0.15) is 0 Å². The van der Waals surface area contributed by atoms with Crippen LogP contribution < -0.4 is 4.74 Å². The smallest absolute Gasteiger partial charge is 0.128 e. The first-order valence-corrected chi connectivity index (χ1v) is 7.65. The van der Waals surface area contributed by atoms with Crippen LogP contribution in [0.15, 0.2) is 48.9 Å². The summed E-state index contributed by atoms with van der Waals surface area (Å²) in [7, 11) is 1.55. The Kier molecular flexibility index (Phi) is 4.46. The van der Waals surface area contributed by atoms with E-state index in [0.29, 0.717) is 33.6 Å². The van der Waals surface area contributed by atoms with Crippen LogP contribution in [0.25, 0.3) is 11.3 Å². The number of halogens is 2. The van der Waals surface area contributed by atoms with Crippen LogP contribution in [-0.2, 0) is 6.54 Å². The molecule has 0 bridgehead atoms. The Balaban J connectivity index is 1.86. The summed E-state index contributed by atoms with van der Waals surface area (Å²) in [5, 5.41) is 11.3. The van der Waals surface area contributed by atoms with Crippen LogP contribution in [0, 0.1) is 0 Å². The number of benzene rings is 2. The molecule has 0 aliphatic rings. The molecule has 0 radical (unpaired) electrons. The third-order valence-electron chi connectivity index (χ3n) is 3.48. The number of hydrogen-bond donors (Lipinski definition) is 1. The SMILES string of the molecule is COc1ccc(-c2cn(Cc3ccc(Cl)cc3Cl)cn2)c(O)c1. The van der Waals surface area contributed by atoms with Crippen molar-refractivity contribution in [2.75, 3.05) is 7.11 Å². The van der Waals surface area contributed by atoms with Crippen LogP contribution in [-0.4, -0.2) is 21.8 Å². The molecule has 1 heterocycles. The van der Waals surface area contributed by atoms with E-state index in [-0.39, 0.29) is 5.75 Å². The molecule has 0 spiro atoms. The van der Waals surface area contributed by atoms with E-state index in [9.17, 15) is 5.11 Å². The standard InChI is InChI=1S/C17H14Cl2N2O2/c1-23-13-4-5-14(17(22)7-13)16-9-21(10-20-16)8-11-2-3-12(18)6-15(11)19/h2-7,9-10,22H,8H2,1H3. The first-order chi connectivity index (χ1) is 11.1. The number of phenolic OH excluding ortho intramolecular Hbond substituents is 1.